The number of hydrogen-bond donors (Lipinski definition) is 3. The van der Waals surface area contributed by atoms with Gasteiger partial charge >= 0.3 is 0 Å². The quantitative estimate of drug-likeness (QED) is 0.202. The first-order valence-electron chi connectivity index (χ1n) is 21.7. The van der Waals surface area contributed by atoms with Crippen LogP contribution in [0.3, 0.4) is 0 Å². The van der Waals surface area contributed by atoms with Crippen molar-refractivity contribution in [2.45, 2.75) is 87.2 Å². The molecule has 0 radical (unpaired) electrons. The van der Waals surface area contributed by atoms with Crippen LogP contribution in [0.4, 0.5) is 10.1 Å². The standard InChI is InChI=1S/C44H58FN7O6S/c45-36-23-34(24-38-42(36)44(56)48-39(47-38)28-59-35-13-21-57-22-14-35)58-27-30-7-15-51(16-8-30)26-41(54)52-19-9-29(10-20-52)25-50-17-11-32(12-18-50)31-1-3-33(4-2-31)46-37-5-6-40(53)49-43(37)55/h1-4,23-24,29-30,32,35,37,46H,5-22,25-28H2,(H,47,48,56)(H,49,53,55). The summed E-state index contributed by atoms with van der Waals surface area (Å²) in [5.74, 6) is 2.04. The number of ether oxygens (including phenoxy) is 2. The van der Waals surface area contributed by atoms with Crippen molar-refractivity contribution in [3.63, 3.8) is 0 Å². The summed E-state index contributed by atoms with van der Waals surface area (Å²) in [4.78, 5) is 63.9. The van der Waals surface area contributed by atoms with Gasteiger partial charge < -0.3 is 29.6 Å². The van der Waals surface area contributed by atoms with Gasteiger partial charge in [-0.2, -0.15) is 11.8 Å². The second kappa shape index (κ2) is 19.6. The molecule has 1 aromatic heterocycles. The highest BCUT2D eigenvalue weighted by Crippen LogP contribution is 2.31. The number of likely N-dealkylation sites (tertiary alicyclic amines) is 3. The molecule has 59 heavy (non-hydrogen) atoms. The normalized spacial score (nSPS) is 22.5. The lowest BCUT2D eigenvalue weighted by Crippen LogP contribution is -2.47. The summed E-state index contributed by atoms with van der Waals surface area (Å²) in [5.41, 5.74) is 2.08. The highest BCUT2D eigenvalue weighted by Gasteiger charge is 2.30. The van der Waals surface area contributed by atoms with E-state index in [0.29, 0.717) is 71.8 Å². The lowest BCUT2D eigenvalue weighted by atomic mass is 9.88. The van der Waals surface area contributed by atoms with E-state index in [1.54, 1.807) is 17.8 Å². The Hall–Kier alpha value is -4.05. The average molecular weight is 832 g/mol. The van der Waals surface area contributed by atoms with Crippen LogP contribution in [-0.4, -0.2) is 126 Å². The number of fused-ring (bicyclic) bond motifs is 1. The Labute approximate surface area is 349 Å². The summed E-state index contributed by atoms with van der Waals surface area (Å²) in [6, 6.07) is 11.0. The van der Waals surface area contributed by atoms with Gasteiger partial charge in [-0.25, -0.2) is 9.37 Å². The molecule has 3 amide bonds. The number of aromatic nitrogens is 2. The third-order valence-corrected chi connectivity index (χ3v) is 14.4. The largest absolute Gasteiger partial charge is 0.493 e. The Morgan fingerprint density at radius 2 is 1.59 bits per heavy atom. The fourth-order valence-corrected chi connectivity index (χ4v) is 10.4. The summed E-state index contributed by atoms with van der Waals surface area (Å²) in [6.07, 6.45) is 8.97. The minimum absolute atomic E-state index is 0.0418. The number of carbonyl (C=O) groups is 3. The highest BCUT2D eigenvalue weighted by molar-refractivity contribution is 7.99. The summed E-state index contributed by atoms with van der Waals surface area (Å²) in [6.45, 7) is 8.95. The van der Waals surface area contributed by atoms with Crippen LogP contribution in [0.15, 0.2) is 41.2 Å². The number of aromatic amines is 1. The van der Waals surface area contributed by atoms with Crippen LogP contribution in [0, 0.1) is 17.7 Å². The van der Waals surface area contributed by atoms with Gasteiger partial charge in [0, 0.05) is 62.3 Å². The molecule has 0 bridgehead atoms. The average Bonchev–Trinajstić information content (AvgIpc) is 3.24. The molecule has 1 atom stereocenters. The number of carbonyl (C=O) groups excluding carboxylic acids is 3. The number of nitrogens with zero attached hydrogens (tertiary/aromatic N) is 4. The lowest BCUT2D eigenvalue weighted by Gasteiger charge is -2.38. The maximum Gasteiger partial charge on any atom is 0.261 e. The Kier molecular flexibility index (Phi) is 13.8. The molecule has 0 spiro atoms. The number of nitrogens with one attached hydrogen (secondary N) is 3. The molecule has 13 nitrogen and oxygen atoms in total. The third-order valence-electron chi connectivity index (χ3n) is 13.0. The van der Waals surface area contributed by atoms with E-state index in [1.807, 2.05) is 12.1 Å². The van der Waals surface area contributed by atoms with Crippen molar-refractivity contribution in [3.8, 4) is 5.75 Å². The molecular formula is C44H58FN7O6S. The van der Waals surface area contributed by atoms with Gasteiger partial charge in [-0.15, -0.1) is 0 Å². The van der Waals surface area contributed by atoms with E-state index in [9.17, 15) is 19.2 Å². The van der Waals surface area contributed by atoms with E-state index in [0.717, 1.165) is 116 Å². The van der Waals surface area contributed by atoms with Crippen LogP contribution in [0.5, 0.6) is 5.75 Å². The molecule has 5 fully saturated rings. The Bertz CT molecular complexity index is 1990. The second-order valence-electron chi connectivity index (χ2n) is 17.1. The van der Waals surface area contributed by atoms with Gasteiger partial charge in [0.1, 0.15) is 28.8 Å². The number of piperidine rings is 4. The fourth-order valence-electron chi connectivity index (χ4n) is 9.32. The van der Waals surface area contributed by atoms with E-state index in [4.69, 9.17) is 9.47 Å². The zero-order valence-corrected chi connectivity index (χ0v) is 34.7. The van der Waals surface area contributed by atoms with E-state index in [1.165, 1.54) is 11.6 Å². The summed E-state index contributed by atoms with van der Waals surface area (Å²) in [7, 11) is 0. The van der Waals surface area contributed by atoms with Crippen molar-refractivity contribution in [1.82, 2.24) is 30.0 Å². The van der Waals surface area contributed by atoms with Gasteiger partial charge in [0.2, 0.25) is 17.7 Å². The van der Waals surface area contributed by atoms with Crippen molar-refractivity contribution >= 4 is 46.1 Å². The van der Waals surface area contributed by atoms with Crippen LogP contribution >= 0.6 is 11.8 Å². The fraction of sp³-hybridized carbons (Fsp3) is 0.614. The van der Waals surface area contributed by atoms with Crippen molar-refractivity contribution in [2.24, 2.45) is 11.8 Å². The Morgan fingerprint density at radius 3 is 2.32 bits per heavy atom. The molecule has 6 heterocycles. The summed E-state index contributed by atoms with van der Waals surface area (Å²) in [5, 5.41) is 6.09. The van der Waals surface area contributed by atoms with Crippen molar-refractivity contribution < 1.29 is 28.2 Å². The second-order valence-corrected chi connectivity index (χ2v) is 18.4. The minimum Gasteiger partial charge on any atom is -0.493 e. The van der Waals surface area contributed by atoms with Crippen LogP contribution in [-0.2, 0) is 24.9 Å². The predicted octanol–water partition coefficient (Wildman–Crippen LogP) is 4.90. The number of imide groups is 1. The van der Waals surface area contributed by atoms with Gasteiger partial charge in [0.25, 0.3) is 5.56 Å². The molecule has 3 N–H and O–H groups in total. The first-order valence-corrected chi connectivity index (χ1v) is 22.7. The molecule has 318 valence electrons. The molecule has 0 saturated carbocycles. The first-order chi connectivity index (χ1) is 28.7. The topological polar surface area (TPSA) is 149 Å². The van der Waals surface area contributed by atoms with Crippen LogP contribution < -0.4 is 20.9 Å². The molecule has 2 aromatic carbocycles. The predicted molar refractivity (Wildman–Crippen MR) is 226 cm³/mol. The van der Waals surface area contributed by atoms with E-state index < -0.39 is 11.4 Å². The number of thioether (sulfide) groups is 1. The summed E-state index contributed by atoms with van der Waals surface area (Å²) >= 11 is 1.75. The number of hydrogen-bond acceptors (Lipinski definition) is 11. The van der Waals surface area contributed by atoms with Crippen molar-refractivity contribution in [2.75, 3.05) is 77.5 Å². The van der Waals surface area contributed by atoms with E-state index in [-0.39, 0.29) is 29.1 Å². The van der Waals surface area contributed by atoms with Crippen LogP contribution in [0.2, 0.25) is 0 Å². The molecule has 15 heteroatoms. The first kappa shape index (κ1) is 41.7. The Balaban J connectivity index is 0.713. The molecule has 5 saturated heterocycles. The lowest BCUT2D eigenvalue weighted by molar-refractivity contribution is -0.135. The van der Waals surface area contributed by atoms with Gasteiger partial charge in [-0.1, -0.05) is 12.1 Å². The molecule has 1 unspecified atom stereocenters. The number of benzene rings is 2. The number of halogens is 1. The molecule has 5 aliphatic heterocycles. The number of H-pyrrole nitrogens is 1. The molecule has 5 aliphatic rings. The van der Waals surface area contributed by atoms with E-state index in [2.05, 4.69) is 47.4 Å². The number of amides is 3. The zero-order chi connectivity index (χ0) is 40.7. The van der Waals surface area contributed by atoms with Gasteiger partial charge in [-0.3, -0.25) is 29.4 Å². The molecule has 3 aromatic rings. The number of rotatable bonds is 13. The third kappa shape index (κ3) is 11.0. The minimum atomic E-state index is -0.629. The molecule has 8 rings (SSSR count). The van der Waals surface area contributed by atoms with Crippen molar-refractivity contribution in [1.29, 1.82) is 0 Å². The van der Waals surface area contributed by atoms with Crippen molar-refractivity contribution in [3.05, 3.63) is 64.0 Å². The van der Waals surface area contributed by atoms with E-state index >= 15 is 4.39 Å². The highest BCUT2D eigenvalue weighted by atomic mass is 32.2. The van der Waals surface area contributed by atoms with Crippen LogP contribution in [0.25, 0.3) is 10.9 Å². The van der Waals surface area contributed by atoms with Gasteiger partial charge in [0.05, 0.1) is 24.4 Å². The number of anilines is 1. The Morgan fingerprint density at radius 1 is 0.881 bits per heavy atom. The molecular weight excluding hydrogens is 774 g/mol. The maximum absolute atomic E-state index is 15.1. The van der Waals surface area contributed by atoms with Gasteiger partial charge in [0.15, 0.2) is 0 Å². The smallest absolute Gasteiger partial charge is 0.261 e. The zero-order valence-electron chi connectivity index (χ0n) is 33.9. The maximum atomic E-state index is 15.1. The van der Waals surface area contributed by atoms with Crippen LogP contribution in [0.1, 0.15) is 81.5 Å². The monoisotopic (exact) mass is 831 g/mol. The SMILES string of the molecule is O=C1CCC(Nc2ccc(C3CCN(CC4CCN(C(=O)CN5CCC(COc6cc(F)c7c(=O)[nH]c(CSC8CCOCC8)nc7c6)CC5)CC4)CC3)cc2)C(=O)N1. The van der Waals surface area contributed by atoms with Gasteiger partial charge in [-0.05, 0) is 119 Å². The molecule has 0 aliphatic carbocycles. The summed E-state index contributed by atoms with van der Waals surface area (Å²) < 4.78 is 26.6.